The third-order valence-corrected chi connectivity index (χ3v) is 4.94. The van der Waals surface area contributed by atoms with Crippen LogP contribution >= 0.6 is 11.3 Å². The highest BCUT2D eigenvalue weighted by Gasteiger charge is 2.19. The topological polar surface area (TPSA) is 70.5 Å². The molecule has 0 saturated carbocycles. The fourth-order valence-corrected chi connectivity index (χ4v) is 3.37. The van der Waals surface area contributed by atoms with Gasteiger partial charge in [0, 0.05) is 23.5 Å². The summed E-state index contributed by atoms with van der Waals surface area (Å²) in [6.45, 7) is 6.12. The number of thiazole rings is 1. The van der Waals surface area contributed by atoms with Gasteiger partial charge in [-0.1, -0.05) is 31.2 Å². The summed E-state index contributed by atoms with van der Waals surface area (Å²) in [4.78, 5) is 29.4. The molecular weight excluding hydrogens is 336 g/mol. The first-order valence-electron chi connectivity index (χ1n) is 8.45. The van der Waals surface area contributed by atoms with Gasteiger partial charge in [-0.2, -0.15) is 0 Å². The van der Waals surface area contributed by atoms with Crippen molar-refractivity contribution >= 4 is 23.2 Å². The highest BCUT2D eigenvalue weighted by molar-refractivity contribution is 7.13. The second-order valence-corrected chi connectivity index (χ2v) is 7.05. The molecule has 1 aromatic heterocycles. The van der Waals surface area contributed by atoms with Crippen molar-refractivity contribution in [3.63, 3.8) is 0 Å². The molecule has 0 bridgehead atoms. The van der Waals surface area contributed by atoms with Crippen molar-refractivity contribution < 1.29 is 14.7 Å². The summed E-state index contributed by atoms with van der Waals surface area (Å²) in [6.07, 6.45) is 1.15. The number of rotatable bonds is 8. The smallest absolute Gasteiger partial charge is 0.305 e. The van der Waals surface area contributed by atoms with E-state index in [4.69, 9.17) is 5.11 Å². The van der Waals surface area contributed by atoms with Crippen LogP contribution in [-0.2, 0) is 22.4 Å². The lowest BCUT2D eigenvalue weighted by Crippen LogP contribution is -2.39. The first kappa shape index (κ1) is 19.1. The Morgan fingerprint density at radius 2 is 1.92 bits per heavy atom. The van der Waals surface area contributed by atoms with Gasteiger partial charge in [0.05, 0.1) is 18.5 Å². The van der Waals surface area contributed by atoms with Gasteiger partial charge in [-0.25, -0.2) is 4.98 Å². The standard InChI is InChI=1S/C19H24N2O3S/c1-4-14-5-7-15(8-6-14)19-20-16(12-25-19)11-17(22)21(13(2)3)10-9-18(23)24/h5-8,12-13H,4,9-11H2,1-3H3,(H,23,24). The van der Waals surface area contributed by atoms with Crippen molar-refractivity contribution in [2.24, 2.45) is 0 Å². The van der Waals surface area contributed by atoms with Crippen LogP contribution in [0.15, 0.2) is 29.6 Å². The minimum Gasteiger partial charge on any atom is -0.481 e. The second-order valence-electron chi connectivity index (χ2n) is 6.20. The number of aromatic nitrogens is 1. The van der Waals surface area contributed by atoms with Crippen LogP contribution < -0.4 is 0 Å². The molecule has 2 aromatic rings. The number of carbonyl (C=O) groups is 2. The Bertz CT molecular complexity index is 723. The Kier molecular flexibility index (Phi) is 6.70. The normalized spacial score (nSPS) is 10.9. The molecule has 0 aliphatic heterocycles. The third kappa shape index (κ3) is 5.39. The van der Waals surface area contributed by atoms with E-state index in [9.17, 15) is 9.59 Å². The number of carbonyl (C=O) groups excluding carboxylic acids is 1. The van der Waals surface area contributed by atoms with Gasteiger partial charge in [0.15, 0.2) is 0 Å². The molecule has 0 radical (unpaired) electrons. The quantitative estimate of drug-likeness (QED) is 0.780. The monoisotopic (exact) mass is 360 g/mol. The number of nitrogens with zero attached hydrogens (tertiary/aromatic N) is 2. The van der Waals surface area contributed by atoms with Crippen molar-refractivity contribution in [1.82, 2.24) is 9.88 Å². The van der Waals surface area contributed by atoms with E-state index in [1.807, 2.05) is 19.2 Å². The molecule has 1 heterocycles. The molecule has 1 amide bonds. The largest absolute Gasteiger partial charge is 0.481 e. The van der Waals surface area contributed by atoms with Crippen LogP contribution in [0.4, 0.5) is 0 Å². The van der Waals surface area contributed by atoms with Crippen molar-refractivity contribution in [3.8, 4) is 10.6 Å². The van der Waals surface area contributed by atoms with E-state index in [0.29, 0.717) is 0 Å². The molecule has 0 spiro atoms. The molecule has 0 saturated heterocycles. The molecule has 5 nitrogen and oxygen atoms in total. The summed E-state index contributed by atoms with van der Waals surface area (Å²) < 4.78 is 0. The van der Waals surface area contributed by atoms with Crippen molar-refractivity contribution in [3.05, 3.63) is 40.9 Å². The highest BCUT2D eigenvalue weighted by Crippen LogP contribution is 2.24. The van der Waals surface area contributed by atoms with Gasteiger partial charge >= 0.3 is 5.97 Å². The van der Waals surface area contributed by atoms with E-state index >= 15 is 0 Å². The minimum atomic E-state index is -0.898. The van der Waals surface area contributed by atoms with E-state index in [-0.39, 0.29) is 31.3 Å². The van der Waals surface area contributed by atoms with Crippen LogP contribution in [0.1, 0.15) is 38.4 Å². The zero-order valence-corrected chi connectivity index (χ0v) is 15.7. The molecule has 1 N–H and O–H groups in total. The Morgan fingerprint density at radius 3 is 2.48 bits per heavy atom. The highest BCUT2D eigenvalue weighted by atomic mass is 32.1. The summed E-state index contributed by atoms with van der Waals surface area (Å²) in [5.74, 6) is -0.987. The molecule has 134 valence electrons. The van der Waals surface area contributed by atoms with E-state index in [1.165, 1.54) is 16.9 Å². The predicted molar refractivity (Wildman–Crippen MR) is 99.7 cm³/mol. The number of hydrogen-bond donors (Lipinski definition) is 1. The molecule has 0 aliphatic rings. The zero-order chi connectivity index (χ0) is 18.4. The average Bonchev–Trinajstić information content (AvgIpc) is 3.03. The number of amides is 1. The molecule has 0 aliphatic carbocycles. The summed E-state index contributed by atoms with van der Waals surface area (Å²) in [5, 5.41) is 11.6. The van der Waals surface area contributed by atoms with Gasteiger partial charge in [0.1, 0.15) is 5.01 Å². The van der Waals surface area contributed by atoms with Crippen LogP contribution in [-0.4, -0.2) is 39.5 Å². The summed E-state index contributed by atoms with van der Waals surface area (Å²) >= 11 is 1.52. The number of carboxylic acids is 1. The van der Waals surface area contributed by atoms with Crippen molar-refractivity contribution in [2.75, 3.05) is 6.54 Å². The lowest BCUT2D eigenvalue weighted by molar-refractivity contribution is -0.139. The maximum atomic E-state index is 12.5. The number of benzene rings is 1. The Balaban J connectivity index is 2.05. The number of aliphatic carboxylic acids is 1. The maximum Gasteiger partial charge on any atom is 0.305 e. The van der Waals surface area contributed by atoms with Crippen LogP contribution in [0, 0.1) is 0 Å². The van der Waals surface area contributed by atoms with Crippen molar-refractivity contribution in [2.45, 2.75) is 46.1 Å². The van der Waals surface area contributed by atoms with Gasteiger partial charge in [0.2, 0.25) is 5.91 Å². The molecule has 6 heteroatoms. The minimum absolute atomic E-state index is 0.0356. The van der Waals surface area contributed by atoms with E-state index < -0.39 is 5.97 Å². The van der Waals surface area contributed by atoms with Crippen molar-refractivity contribution in [1.29, 1.82) is 0 Å². The van der Waals surface area contributed by atoms with Gasteiger partial charge in [0.25, 0.3) is 0 Å². The van der Waals surface area contributed by atoms with Crippen LogP contribution in [0.2, 0.25) is 0 Å². The average molecular weight is 360 g/mol. The zero-order valence-electron chi connectivity index (χ0n) is 14.9. The Morgan fingerprint density at radius 1 is 1.24 bits per heavy atom. The third-order valence-electron chi connectivity index (χ3n) is 4.00. The molecule has 25 heavy (non-hydrogen) atoms. The summed E-state index contributed by atoms with van der Waals surface area (Å²) in [6, 6.07) is 8.25. The second kappa shape index (κ2) is 8.76. The Labute approximate surface area is 152 Å². The summed E-state index contributed by atoms with van der Waals surface area (Å²) in [5.41, 5.74) is 3.06. The molecular formula is C19H24N2O3S. The Hall–Kier alpha value is -2.21. The maximum absolute atomic E-state index is 12.5. The van der Waals surface area contributed by atoms with E-state index in [1.54, 1.807) is 4.90 Å². The van der Waals surface area contributed by atoms with E-state index in [0.717, 1.165) is 22.7 Å². The number of aryl methyl sites for hydroxylation is 1. The molecule has 0 unspecified atom stereocenters. The van der Waals surface area contributed by atoms with Crippen LogP contribution in [0.5, 0.6) is 0 Å². The van der Waals surface area contributed by atoms with E-state index in [2.05, 4.69) is 36.2 Å². The van der Waals surface area contributed by atoms with Gasteiger partial charge in [-0.15, -0.1) is 11.3 Å². The molecule has 2 rings (SSSR count). The molecule has 1 aromatic carbocycles. The number of carboxylic acid groups (broad SMARTS) is 1. The first-order chi connectivity index (χ1) is 11.9. The first-order valence-corrected chi connectivity index (χ1v) is 9.33. The van der Waals surface area contributed by atoms with Crippen LogP contribution in [0.3, 0.4) is 0 Å². The lowest BCUT2D eigenvalue weighted by Gasteiger charge is -2.25. The van der Waals surface area contributed by atoms with Gasteiger partial charge < -0.3 is 10.0 Å². The summed E-state index contributed by atoms with van der Waals surface area (Å²) in [7, 11) is 0. The molecule has 0 fully saturated rings. The lowest BCUT2D eigenvalue weighted by atomic mass is 10.1. The fourth-order valence-electron chi connectivity index (χ4n) is 2.55. The van der Waals surface area contributed by atoms with Gasteiger partial charge in [-0.05, 0) is 25.8 Å². The SMILES string of the molecule is CCc1ccc(-c2nc(CC(=O)N(CCC(=O)O)C(C)C)cs2)cc1. The molecule has 0 atom stereocenters. The van der Waals surface area contributed by atoms with Crippen LogP contribution in [0.25, 0.3) is 10.6 Å². The van der Waals surface area contributed by atoms with Gasteiger partial charge in [-0.3, -0.25) is 9.59 Å². The predicted octanol–water partition coefficient (Wildman–Crippen LogP) is 3.63. The fraction of sp³-hybridized carbons (Fsp3) is 0.421. The number of hydrogen-bond acceptors (Lipinski definition) is 4.